The van der Waals surface area contributed by atoms with E-state index in [9.17, 15) is 13.2 Å². The van der Waals surface area contributed by atoms with E-state index in [2.05, 4.69) is 29.4 Å². The van der Waals surface area contributed by atoms with Crippen LogP contribution < -0.4 is 5.32 Å². The van der Waals surface area contributed by atoms with Crippen molar-refractivity contribution < 1.29 is 13.2 Å². The number of carbonyl (C=O) groups is 1. The van der Waals surface area contributed by atoms with Crippen molar-refractivity contribution >= 4 is 55.8 Å². The lowest BCUT2D eigenvalue weighted by Gasteiger charge is -2.31. The molecule has 1 amide bonds. The minimum absolute atomic E-state index is 0.106. The van der Waals surface area contributed by atoms with Gasteiger partial charge < -0.3 is 5.32 Å². The normalized spacial score (nSPS) is 18.1. The molecule has 1 aromatic heterocycles. The van der Waals surface area contributed by atoms with E-state index in [1.807, 2.05) is 0 Å². The van der Waals surface area contributed by atoms with Crippen LogP contribution in [0.5, 0.6) is 0 Å². The van der Waals surface area contributed by atoms with Crippen LogP contribution in [0.1, 0.15) is 32.3 Å². The summed E-state index contributed by atoms with van der Waals surface area (Å²) in [6, 6.07) is 6.76. The van der Waals surface area contributed by atoms with Crippen molar-refractivity contribution in [1.82, 2.24) is 14.5 Å². The van der Waals surface area contributed by atoms with Gasteiger partial charge in [-0.15, -0.1) is 10.2 Å². The number of anilines is 1. The van der Waals surface area contributed by atoms with E-state index >= 15 is 0 Å². The number of sulfonamides is 1. The molecule has 1 aliphatic rings. The highest BCUT2D eigenvalue weighted by Gasteiger charge is 2.32. The van der Waals surface area contributed by atoms with Crippen LogP contribution in [0.25, 0.3) is 0 Å². The summed E-state index contributed by atoms with van der Waals surface area (Å²) in [5.41, 5.74) is 0.671. The van der Waals surface area contributed by atoms with Gasteiger partial charge >= 0.3 is 0 Å². The summed E-state index contributed by atoms with van der Waals surface area (Å²) < 4.78 is 27.8. The van der Waals surface area contributed by atoms with E-state index in [1.165, 1.54) is 15.6 Å². The van der Waals surface area contributed by atoms with Crippen LogP contribution in [0, 0.1) is 5.92 Å². The maximum Gasteiger partial charge on any atom is 0.230 e. The highest BCUT2D eigenvalue weighted by Crippen LogP contribution is 2.29. The standard InChI is InChI=1S/C18H23ClN4O3S3/c1-12(2)27-18-22-21-17(28-18)20-16(24)14-4-3-9-23(10-14)29(25,26)11-13-5-7-15(19)8-6-13/h5-8,12,14H,3-4,9-11H2,1-2H3,(H,20,21,24)/t14-/m1/s1. The number of halogens is 1. The maximum absolute atomic E-state index is 12.8. The molecule has 29 heavy (non-hydrogen) atoms. The van der Waals surface area contributed by atoms with Gasteiger partial charge in [-0.25, -0.2) is 12.7 Å². The zero-order chi connectivity index (χ0) is 21.0. The summed E-state index contributed by atoms with van der Waals surface area (Å²) in [7, 11) is -3.52. The molecule has 1 fully saturated rings. The number of piperidine rings is 1. The first kappa shape index (κ1) is 22.5. The number of rotatable bonds is 7. The molecule has 11 heteroatoms. The van der Waals surface area contributed by atoms with Crippen molar-refractivity contribution in [1.29, 1.82) is 0 Å². The first-order chi connectivity index (χ1) is 13.7. The Bertz CT molecular complexity index is 948. The maximum atomic E-state index is 12.8. The Morgan fingerprint density at radius 2 is 2.07 bits per heavy atom. The van der Waals surface area contributed by atoms with Gasteiger partial charge in [0.2, 0.25) is 21.1 Å². The zero-order valence-corrected chi connectivity index (χ0v) is 19.4. The Kier molecular flexibility index (Phi) is 7.55. The molecule has 1 aliphatic heterocycles. The number of aromatic nitrogens is 2. The molecule has 0 saturated carbocycles. The molecule has 1 saturated heterocycles. The van der Waals surface area contributed by atoms with Gasteiger partial charge in [-0.2, -0.15) is 0 Å². The molecule has 0 unspecified atom stereocenters. The average molecular weight is 475 g/mol. The van der Waals surface area contributed by atoms with E-state index in [0.717, 1.165) is 4.34 Å². The van der Waals surface area contributed by atoms with Crippen molar-refractivity contribution in [2.45, 2.75) is 42.0 Å². The van der Waals surface area contributed by atoms with E-state index in [4.69, 9.17) is 11.6 Å². The molecule has 0 radical (unpaired) electrons. The summed E-state index contributed by atoms with van der Waals surface area (Å²) in [4.78, 5) is 12.7. The van der Waals surface area contributed by atoms with Crippen LogP contribution in [-0.2, 0) is 20.6 Å². The first-order valence-corrected chi connectivity index (χ1v) is 12.9. The Balaban J connectivity index is 1.61. The monoisotopic (exact) mass is 474 g/mol. The molecule has 0 spiro atoms. The highest BCUT2D eigenvalue weighted by molar-refractivity contribution is 8.01. The molecule has 2 heterocycles. The van der Waals surface area contributed by atoms with Crippen molar-refractivity contribution in [3.63, 3.8) is 0 Å². The lowest BCUT2D eigenvalue weighted by atomic mass is 9.99. The number of hydrogen-bond donors (Lipinski definition) is 1. The fourth-order valence-corrected chi connectivity index (χ4v) is 6.72. The molecule has 7 nitrogen and oxygen atoms in total. The lowest BCUT2D eigenvalue weighted by Crippen LogP contribution is -2.44. The van der Waals surface area contributed by atoms with Gasteiger partial charge in [0.25, 0.3) is 0 Å². The largest absolute Gasteiger partial charge is 0.300 e. The van der Waals surface area contributed by atoms with Gasteiger partial charge in [-0.3, -0.25) is 4.79 Å². The predicted molar refractivity (Wildman–Crippen MR) is 118 cm³/mol. The Morgan fingerprint density at radius 3 is 2.76 bits per heavy atom. The molecule has 158 valence electrons. The van der Waals surface area contributed by atoms with Gasteiger partial charge in [-0.1, -0.05) is 60.7 Å². The third kappa shape index (κ3) is 6.39. The summed E-state index contributed by atoms with van der Waals surface area (Å²) in [6.45, 7) is 4.72. The van der Waals surface area contributed by atoms with Crippen molar-refractivity contribution in [2.24, 2.45) is 5.92 Å². The number of amides is 1. The fourth-order valence-electron chi connectivity index (χ4n) is 3.01. The van der Waals surface area contributed by atoms with E-state index in [0.29, 0.717) is 40.4 Å². The molecule has 0 aliphatic carbocycles. The molecule has 1 N–H and O–H groups in total. The van der Waals surface area contributed by atoms with Crippen LogP contribution in [0.4, 0.5) is 5.13 Å². The number of nitrogens with zero attached hydrogens (tertiary/aromatic N) is 3. The number of hydrogen-bond acceptors (Lipinski definition) is 7. The first-order valence-electron chi connectivity index (χ1n) is 9.26. The second-order valence-electron chi connectivity index (χ2n) is 7.11. The molecular weight excluding hydrogens is 452 g/mol. The van der Waals surface area contributed by atoms with Crippen LogP contribution in [-0.4, -0.2) is 47.2 Å². The second kappa shape index (κ2) is 9.74. The van der Waals surface area contributed by atoms with Gasteiger partial charge in [0, 0.05) is 23.4 Å². The predicted octanol–water partition coefficient (Wildman–Crippen LogP) is 3.87. The molecule has 0 bridgehead atoms. The summed E-state index contributed by atoms with van der Waals surface area (Å²) in [6.07, 6.45) is 1.29. The topological polar surface area (TPSA) is 92.3 Å². The molecule has 2 aromatic rings. The molecule has 1 aromatic carbocycles. The smallest absolute Gasteiger partial charge is 0.230 e. The second-order valence-corrected chi connectivity index (χ2v) is 12.3. The highest BCUT2D eigenvalue weighted by atomic mass is 35.5. The van der Waals surface area contributed by atoms with E-state index < -0.39 is 15.9 Å². The quantitative estimate of drug-likeness (QED) is 0.483. The average Bonchev–Trinajstić information content (AvgIpc) is 3.09. The molecular formula is C18H23ClN4O3S3. The van der Waals surface area contributed by atoms with Crippen LogP contribution in [0.3, 0.4) is 0 Å². The lowest BCUT2D eigenvalue weighted by molar-refractivity contribution is -0.120. The van der Waals surface area contributed by atoms with E-state index in [-0.39, 0.29) is 18.2 Å². The SMILES string of the molecule is CC(C)Sc1nnc(NC(=O)[C@@H]2CCCN(S(=O)(=O)Cc3ccc(Cl)cc3)C2)s1. The number of carbonyl (C=O) groups excluding carboxylic acids is 1. The molecule has 3 rings (SSSR count). The summed E-state index contributed by atoms with van der Waals surface area (Å²) in [5, 5.41) is 12.2. The number of thioether (sulfide) groups is 1. The minimum Gasteiger partial charge on any atom is -0.300 e. The summed E-state index contributed by atoms with van der Waals surface area (Å²) in [5.74, 6) is -0.729. The molecule has 1 atom stereocenters. The van der Waals surface area contributed by atoms with Crippen LogP contribution in [0.2, 0.25) is 5.02 Å². The third-order valence-corrected chi connectivity index (χ3v) is 8.38. The number of nitrogens with one attached hydrogen (secondary N) is 1. The van der Waals surface area contributed by atoms with Gasteiger partial charge in [0.15, 0.2) is 4.34 Å². The third-order valence-electron chi connectivity index (χ3n) is 4.38. The Labute approximate surface area is 184 Å². The van der Waals surface area contributed by atoms with Gasteiger partial charge in [0.05, 0.1) is 11.7 Å². The zero-order valence-electron chi connectivity index (χ0n) is 16.2. The van der Waals surface area contributed by atoms with Crippen molar-refractivity contribution in [3.8, 4) is 0 Å². The Hall–Kier alpha value is -1.20. The Morgan fingerprint density at radius 1 is 1.34 bits per heavy atom. The fraction of sp³-hybridized carbons (Fsp3) is 0.500. The van der Waals surface area contributed by atoms with Gasteiger partial charge in [-0.05, 0) is 30.5 Å². The minimum atomic E-state index is -3.52. The van der Waals surface area contributed by atoms with Crippen LogP contribution >= 0.6 is 34.7 Å². The summed E-state index contributed by atoms with van der Waals surface area (Å²) >= 11 is 8.78. The number of benzene rings is 1. The van der Waals surface area contributed by atoms with Crippen LogP contribution in [0.15, 0.2) is 28.6 Å². The van der Waals surface area contributed by atoms with Crippen molar-refractivity contribution in [3.05, 3.63) is 34.9 Å². The van der Waals surface area contributed by atoms with Gasteiger partial charge in [0.1, 0.15) is 0 Å². The van der Waals surface area contributed by atoms with Crippen molar-refractivity contribution in [2.75, 3.05) is 18.4 Å². The van der Waals surface area contributed by atoms with E-state index in [1.54, 1.807) is 36.0 Å².